The van der Waals surface area contributed by atoms with Crippen molar-refractivity contribution in [3.63, 3.8) is 0 Å². The van der Waals surface area contributed by atoms with Gasteiger partial charge in [-0.25, -0.2) is 9.97 Å². The first-order valence-corrected chi connectivity index (χ1v) is 6.90. The highest BCUT2D eigenvalue weighted by molar-refractivity contribution is 5.49. The van der Waals surface area contributed by atoms with Gasteiger partial charge < -0.3 is 10.6 Å². The molecule has 2 rings (SSSR count). The Morgan fingerprint density at radius 1 is 1.28 bits per heavy atom. The summed E-state index contributed by atoms with van der Waals surface area (Å²) in [4.78, 5) is 11.4. The molecule has 0 spiro atoms. The van der Waals surface area contributed by atoms with Crippen LogP contribution < -0.4 is 10.6 Å². The van der Waals surface area contributed by atoms with Gasteiger partial charge in [-0.2, -0.15) is 0 Å². The maximum atomic E-state index is 5.91. The summed E-state index contributed by atoms with van der Waals surface area (Å²) in [6, 6.07) is 2.49. The first kappa shape index (κ1) is 13.1. The lowest BCUT2D eigenvalue weighted by Crippen LogP contribution is -2.34. The second-order valence-electron chi connectivity index (χ2n) is 5.81. The zero-order chi connectivity index (χ0) is 13.3. The topological polar surface area (TPSA) is 55.0 Å². The largest absolute Gasteiger partial charge is 0.384 e. The van der Waals surface area contributed by atoms with E-state index in [2.05, 4.69) is 42.6 Å². The number of nitrogen functional groups attached to an aromatic ring is 1. The second-order valence-corrected chi connectivity index (χ2v) is 5.81. The van der Waals surface area contributed by atoms with Crippen LogP contribution in [-0.4, -0.2) is 22.6 Å². The highest BCUT2D eigenvalue weighted by Gasteiger charge is 2.28. The molecule has 2 N–H and O–H groups in total. The molecule has 1 aromatic heterocycles. The highest BCUT2D eigenvalue weighted by atomic mass is 15.2. The molecule has 0 aromatic carbocycles. The Labute approximate surface area is 110 Å². The molecule has 1 atom stereocenters. The summed E-state index contributed by atoms with van der Waals surface area (Å²) in [6.07, 6.45) is 2.49. The average molecular weight is 248 g/mol. The van der Waals surface area contributed by atoms with Gasteiger partial charge in [-0.15, -0.1) is 0 Å². The fourth-order valence-electron chi connectivity index (χ4n) is 2.65. The first-order valence-electron chi connectivity index (χ1n) is 6.90. The molecule has 2 heterocycles. The van der Waals surface area contributed by atoms with Crippen molar-refractivity contribution in [2.45, 2.75) is 52.5 Å². The Morgan fingerprint density at radius 2 is 2.00 bits per heavy atom. The molecule has 4 nitrogen and oxygen atoms in total. The first-order chi connectivity index (χ1) is 8.49. The van der Waals surface area contributed by atoms with Crippen LogP contribution >= 0.6 is 0 Å². The van der Waals surface area contributed by atoms with Crippen LogP contribution in [0.5, 0.6) is 0 Å². The van der Waals surface area contributed by atoms with Crippen molar-refractivity contribution in [3.05, 3.63) is 11.9 Å². The fraction of sp³-hybridized carbons (Fsp3) is 0.714. The molecule has 1 aliphatic heterocycles. The predicted molar refractivity (Wildman–Crippen MR) is 75.7 cm³/mol. The van der Waals surface area contributed by atoms with Crippen molar-refractivity contribution < 1.29 is 0 Å². The summed E-state index contributed by atoms with van der Waals surface area (Å²) in [5.41, 5.74) is 5.91. The van der Waals surface area contributed by atoms with Gasteiger partial charge in [0.1, 0.15) is 17.5 Å². The van der Waals surface area contributed by atoms with Gasteiger partial charge in [0.2, 0.25) is 0 Å². The molecule has 1 aliphatic rings. The quantitative estimate of drug-likeness (QED) is 0.893. The summed E-state index contributed by atoms with van der Waals surface area (Å²) in [5, 5.41) is 0. The van der Waals surface area contributed by atoms with Crippen molar-refractivity contribution in [1.29, 1.82) is 0 Å². The Morgan fingerprint density at radius 3 is 2.61 bits per heavy atom. The van der Waals surface area contributed by atoms with Crippen LogP contribution in [0.4, 0.5) is 11.6 Å². The molecule has 0 aliphatic carbocycles. The van der Waals surface area contributed by atoms with Crippen LogP contribution in [0.2, 0.25) is 0 Å². The summed E-state index contributed by atoms with van der Waals surface area (Å²) < 4.78 is 0. The third kappa shape index (κ3) is 2.57. The van der Waals surface area contributed by atoms with Crippen molar-refractivity contribution in [2.75, 3.05) is 17.2 Å². The lowest BCUT2D eigenvalue weighted by molar-refractivity contribution is 0.489. The van der Waals surface area contributed by atoms with Crippen molar-refractivity contribution in [3.8, 4) is 0 Å². The zero-order valence-corrected chi connectivity index (χ0v) is 11.8. The minimum Gasteiger partial charge on any atom is -0.384 e. The molecule has 1 unspecified atom stereocenters. The Hall–Kier alpha value is -1.32. The molecular formula is C14H24N4. The smallest absolute Gasteiger partial charge is 0.135 e. The van der Waals surface area contributed by atoms with E-state index in [0.717, 1.165) is 18.2 Å². The maximum absolute atomic E-state index is 5.91. The minimum absolute atomic E-state index is 0.312. The van der Waals surface area contributed by atoms with E-state index in [1.807, 2.05) is 6.07 Å². The van der Waals surface area contributed by atoms with E-state index in [0.29, 0.717) is 23.7 Å². The molecule has 100 valence electrons. The van der Waals surface area contributed by atoms with E-state index >= 15 is 0 Å². The molecule has 1 fully saturated rings. The van der Waals surface area contributed by atoms with Crippen molar-refractivity contribution in [2.24, 2.45) is 5.92 Å². The summed E-state index contributed by atoms with van der Waals surface area (Å²) in [6.45, 7) is 9.83. The molecule has 1 saturated heterocycles. The molecule has 18 heavy (non-hydrogen) atoms. The summed E-state index contributed by atoms with van der Waals surface area (Å²) >= 11 is 0. The molecule has 0 amide bonds. The van der Waals surface area contributed by atoms with Gasteiger partial charge in [-0.1, -0.05) is 27.7 Å². The number of anilines is 2. The lowest BCUT2D eigenvalue weighted by Gasteiger charge is -2.29. The van der Waals surface area contributed by atoms with Gasteiger partial charge in [0.15, 0.2) is 0 Å². The van der Waals surface area contributed by atoms with Gasteiger partial charge >= 0.3 is 0 Å². The van der Waals surface area contributed by atoms with E-state index in [-0.39, 0.29) is 0 Å². The maximum Gasteiger partial charge on any atom is 0.135 e. The Kier molecular flexibility index (Phi) is 3.73. The van der Waals surface area contributed by atoms with Crippen LogP contribution in [0.15, 0.2) is 6.07 Å². The van der Waals surface area contributed by atoms with Crippen LogP contribution in [0, 0.1) is 5.92 Å². The van der Waals surface area contributed by atoms with E-state index in [4.69, 9.17) is 5.73 Å². The van der Waals surface area contributed by atoms with E-state index in [9.17, 15) is 0 Å². The Balaban J connectivity index is 2.32. The summed E-state index contributed by atoms with van der Waals surface area (Å²) in [5.74, 6) is 3.39. The fourth-order valence-corrected chi connectivity index (χ4v) is 2.65. The number of aromatic nitrogens is 2. The third-order valence-electron chi connectivity index (χ3n) is 3.63. The third-order valence-corrected chi connectivity index (χ3v) is 3.63. The standard InChI is InChI=1S/C14H24N4/c1-9(2)11-6-5-7-18(11)13-8-12(15)16-14(17-13)10(3)4/h8-11H,5-7H2,1-4H3,(H2,15,16,17). The van der Waals surface area contributed by atoms with Crippen molar-refractivity contribution >= 4 is 11.6 Å². The molecule has 0 bridgehead atoms. The van der Waals surface area contributed by atoms with Crippen molar-refractivity contribution in [1.82, 2.24) is 9.97 Å². The molecule has 4 heteroatoms. The lowest BCUT2D eigenvalue weighted by atomic mass is 10.0. The predicted octanol–water partition coefficient (Wildman–Crippen LogP) is 2.81. The Bertz CT molecular complexity index is 414. The van der Waals surface area contributed by atoms with Gasteiger partial charge in [0.05, 0.1) is 0 Å². The van der Waals surface area contributed by atoms with Gasteiger partial charge in [-0.3, -0.25) is 0 Å². The monoisotopic (exact) mass is 248 g/mol. The second kappa shape index (κ2) is 5.12. The number of hydrogen-bond acceptors (Lipinski definition) is 4. The molecule has 0 saturated carbocycles. The number of rotatable bonds is 3. The van der Waals surface area contributed by atoms with Gasteiger partial charge in [0, 0.05) is 24.6 Å². The SMILES string of the molecule is CC(C)c1nc(N)cc(N2CCCC2C(C)C)n1. The number of hydrogen-bond donors (Lipinski definition) is 1. The minimum atomic E-state index is 0.312. The van der Waals surface area contributed by atoms with Crippen LogP contribution in [-0.2, 0) is 0 Å². The van der Waals surface area contributed by atoms with E-state index < -0.39 is 0 Å². The molecular weight excluding hydrogens is 224 g/mol. The van der Waals surface area contributed by atoms with E-state index in [1.54, 1.807) is 0 Å². The van der Waals surface area contributed by atoms with Gasteiger partial charge in [0.25, 0.3) is 0 Å². The average Bonchev–Trinajstić information content (AvgIpc) is 2.76. The highest BCUT2D eigenvalue weighted by Crippen LogP contribution is 2.29. The zero-order valence-electron chi connectivity index (χ0n) is 11.8. The van der Waals surface area contributed by atoms with E-state index in [1.165, 1.54) is 12.8 Å². The number of nitrogens with zero attached hydrogens (tertiary/aromatic N) is 3. The normalized spacial score (nSPS) is 20.1. The summed E-state index contributed by atoms with van der Waals surface area (Å²) in [7, 11) is 0. The van der Waals surface area contributed by atoms with Gasteiger partial charge in [-0.05, 0) is 18.8 Å². The van der Waals surface area contributed by atoms with Crippen LogP contribution in [0.25, 0.3) is 0 Å². The van der Waals surface area contributed by atoms with Crippen LogP contribution in [0.1, 0.15) is 52.3 Å². The number of nitrogens with two attached hydrogens (primary N) is 1. The molecule has 0 radical (unpaired) electrons. The van der Waals surface area contributed by atoms with Crippen LogP contribution in [0.3, 0.4) is 0 Å². The molecule has 1 aromatic rings.